The fraction of sp³-hybridized carbons (Fsp3) is 0.889. The van der Waals surface area contributed by atoms with Gasteiger partial charge in [0.05, 0.1) is 0 Å². The summed E-state index contributed by atoms with van der Waals surface area (Å²) < 4.78 is 5.34. The summed E-state index contributed by atoms with van der Waals surface area (Å²) in [7, 11) is 0. The van der Waals surface area contributed by atoms with Crippen LogP contribution in [0, 0.1) is 0 Å². The summed E-state index contributed by atoms with van der Waals surface area (Å²) >= 11 is 0. The van der Waals surface area contributed by atoms with Crippen LogP contribution in [0.3, 0.4) is 0 Å². The molecule has 0 saturated heterocycles. The lowest BCUT2D eigenvalue weighted by atomic mass is 10.3. The molecule has 4 nitrogen and oxygen atoms in total. The van der Waals surface area contributed by atoms with Gasteiger partial charge in [0.2, 0.25) is 0 Å². The van der Waals surface area contributed by atoms with E-state index in [1.54, 1.807) is 0 Å². The second-order valence-electron chi connectivity index (χ2n) is 3.01. The van der Waals surface area contributed by atoms with Crippen molar-refractivity contribution >= 4 is 5.84 Å². The summed E-state index contributed by atoms with van der Waals surface area (Å²) in [5, 5.41) is 11.1. The minimum atomic E-state index is 0.275. The molecule has 0 bridgehead atoms. The molecule has 0 spiro atoms. The van der Waals surface area contributed by atoms with Crippen molar-refractivity contribution in [1.82, 2.24) is 0 Å². The molecule has 0 aromatic carbocycles. The first kappa shape index (κ1) is 12.2. The van der Waals surface area contributed by atoms with Crippen LogP contribution in [-0.4, -0.2) is 24.3 Å². The highest BCUT2D eigenvalue weighted by molar-refractivity contribution is 5.79. The third-order valence-corrected chi connectivity index (χ3v) is 1.74. The van der Waals surface area contributed by atoms with Gasteiger partial charge in [-0.15, -0.1) is 0 Å². The molecule has 0 amide bonds. The molecule has 0 radical (unpaired) electrons. The molecule has 0 saturated carbocycles. The van der Waals surface area contributed by atoms with Gasteiger partial charge in [-0.05, 0) is 12.8 Å². The maximum Gasteiger partial charge on any atom is 0.139 e. The SMILES string of the molecule is CCCCCOCCC/C(N)=N/O. The van der Waals surface area contributed by atoms with Gasteiger partial charge in [0.15, 0.2) is 0 Å². The standard InChI is InChI=1S/C9H20N2O2/c1-2-3-4-7-13-8-5-6-9(10)11-12/h12H,2-8H2,1H3,(H2,10,11). The van der Waals surface area contributed by atoms with E-state index < -0.39 is 0 Å². The van der Waals surface area contributed by atoms with E-state index in [1.807, 2.05) is 0 Å². The second-order valence-corrected chi connectivity index (χ2v) is 3.01. The summed E-state index contributed by atoms with van der Waals surface area (Å²) in [6.45, 7) is 3.68. The lowest BCUT2D eigenvalue weighted by Crippen LogP contribution is -2.12. The Morgan fingerprint density at radius 1 is 1.31 bits per heavy atom. The van der Waals surface area contributed by atoms with Crippen molar-refractivity contribution in [2.75, 3.05) is 13.2 Å². The zero-order valence-electron chi connectivity index (χ0n) is 8.33. The zero-order valence-corrected chi connectivity index (χ0v) is 8.33. The highest BCUT2D eigenvalue weighted by Crippen LogP contribution is 1.96. The van der Waals surface area contributed by atoms with E-state index in [1.165, 1.54) is 12.8 Å². The van der Waals surface area contributed by atoms with Crippen LogP contribution in [0.4, 0.5) is 0 Å². The van der Waals surface area contributed by atoms with Crippen LogP contribution in [0.2, 0.25) is 0 Å². The van der Waals surface area contributed by atoms with Gasteiger partial charge in [0.1, 0.15) is 5.84 Å². The molecule has 0 aromatic rings. The van der Waals surface area contributed by atoms with Crippen LogP contribution < -0.4 is 5.73 Å². The average molecular weight is 188 g/mol. The molecule has 0 fully saturated rings. The van der Waals surface area contributed by atoms with Gasteiger partial charge in [0.25, 0.3) is 0 Å². The van der Waals surface area contributed by atoms with E-state index in [0.29, 0.717) is 13.0 Å². The number of unbranched alkanes of at least 4 members (excludes halogenated alkanes) is 2. The highest BCUT2D eigenvalue weighted by atomic mass is 16.5. The zero-order chi connectivity index (χ0) is 9.94. The van der Waals surface area contributed by atoms with Crippen LogP contribution in [0.1, 0.15) is 39.0 Å². The van der Waals surface area contributed by atoms with Gasteiger partial charge < -0.3 is 15.7 Å². The molecule has 0 unspecified atom stereocenters. The summed E-state index contributed by atoms with van der Waals surface area (Å²) in [4.78, 5) is 0. The summed E-state index contributed by atoms with van der Waals surface area (Å²) in [5.74, 6) is 0.275. The maximum atomic E-state index is 8.23. The fourth-order valence-corrected chi connectivity index (χ4v) is 0.962. The van der Waals surface area contributed by atoms with Crippen molar-refractivity contribution < 1.29 is 9.94 Å². The molecule has 0 rings (SSSR count). The van der Waals surface area contributed by atoms with E-state index >= 15 is 0 Å². The molecule has 0 aromatic heterocycles. The number of rotatable bonds is 8. The molecule has 0 atom stereocenters. The first-order valence-electron chi connectivity index (χ1n) is 4.85. The van der Waals surface area contributed by atoms with E-state index in [0.717, 1.165) is 19.4 Å². The number of hydrogen-bond donors (Lipinski definition) is 2. The van der Waals surface area contributed by atoms with Crippen LogP contribution in [0.15, 0.2) is 5.16 Å². The molecule has 4 heteroatoms. The normalized spacial score (nSPS) is 11.9. The maximum absolute atomic E-state index is 8.23. The van der Waals surface area contributed by atoms with Crippen LogP contribution in [0.25, 0.3) is 0 Å². The third-order valence-electron chi connectivity index (χ3n) is 1.74. The Hall–Kier alpha value is -0.770. The fourth-order valence-electron chi connectivity index (χ4n) is 0.962. The van der Waals surface area contributed by atoms with Crippen molar-refractivity contribution in [3.63, 3.8) is 0 Å². The molecule has 0 heterocycles. The van der Waals surface area contributed by atoms with Crippen LogP contribution >= 0.6 is 0 Å². The number of amidine groups is 1. The molecular formula is C9H20N2O2. The third kappa shape index (κ3) is 9.14. The van der Waals surface area contributed by atoms with Gasteiger partial charge in [-0.3, -0.25) is 0 Å². The Morgan fingerprint density at radius 3 is 2.62 bits per heavy atom. The summed E-state index contributed by atoms with van der Waals surface area (Å²) in [6, 6.07) is 0. The van der Waals surface area contributed by atoms with Gasteiger partial charge in [-0.1, -0.05) is 24.9 Å². The van der Waals surface area contributed by atoms with Gasteiger partial charge in [-0.2, -0.15) is 0 Å². The highest BCUT2D eigenvalue weighted by Gasteiger charge is 1.93. The Morgan fingerprint density at radius 2 is 2.00 bits per heavy atom. The van der Waals surface area contributed by atoms with Gasteiger partial charge in [-0.25, -0.2) is 0 Å². The van der Waals surface area contributed by atoms with Gasteiger partial charge >= 0.3 is 0 Å². The van der Waals surface area contributed by atoms with Crippen molar-refractivity contribution in [1.29, 1.82) is 0 Å². The van der Waals surface area contributed by atoms with Crippen molar-refractivity contribution in [2.24, 2.45) is 10.9 Å². The minimum absolute atomic E-state index is 0.275. The lowest BCUT2D eigenvalue weighted by Gasteiger charge is -2.02. The minimum Gasteiger partial charge on any atom is -0.409 e. The number of hydrogen-bond acceptors (Lipinski definition) is 3. The molecular weight excluding hydrogens is 168 g/mol. The first-order chi connectivity index (χ1) is 6.31. The largest absolute Gasteiger partial charge is 0.409 e. The monoisotopic (exact) mass is 188 g/mol. The summed E-state index contributed by atoms with van der Waals surface area (Å²) in [6.07, 6.45) is 4.99. The number of nitrogens with zero attached hydrogens (tertiary/aromatic N) is 1. The van der Waals surface area contributed by atoms with E-state index in [4.69, 9.17) is 15.7 Å². The smallest absolute Gasteiger partial charge is 0.139 e. The predicted molar refractivity (Wildman–Crippen MR) is 53.0 cm³/mol. The number of ether oxygens (including phenoxy) is 1. The lowest BCUT2D eigenvalue weighted by molar-refractivity contribution is 0.129. The Kier molecular flexibility index (Phi) is 8.77. The topological polar surface area (TPSA) is 67.8 Å². The van der Waals surface area contributed by atoms with Crippen LogP contribution in [0.5, 0.6) is 0 Å². The number of oxime groups is 1. The molecule has 3 N–H and O–H groups in total. The van der Waals surface area contributed by atoms with E-state index in [-0.39, 0.29) is 5.84 Å². The molecule has 13 heavy (non-hydrogen) atoms. The molecule has 0 aliphatic carbocycles. The van der Waals surface area contributed by atoms with Crippen LogP contribution in [-0.2, 0) is 4.74 Å². The van der Waals surface area contributed by atoms with Crippen molar-refractivity contribution in [3.8, 4) is 0 Å². The molecule has 78 valence electrons. The predicted octanol–water partition coefficient (Wildman–Crippen LogP) is 1.72. The Bertz CT molecular complexity index is 138. The molecule has 0 aliphatic heterocycles. The second kappa shape index (κ2) is 9.32. The van der Waals surface area contributed by atoms with Gasteiger partial charge in [0, 0.05) is 19.6 Å². The Labute approximate surface area is 79.8 Å². The van der Waals surface area contributed by atoms with E-state index in [2.05, 4.69) is 12.1 Å². The molecule has 0 aliphatic rings. The Balaban J connectivity index is 3.00. The number of nitrogens with two attached hydrogens (primary N) is 1. The first-order valence-corrected chi connectivity index (χ1v) is 4.85. The summed E-state index contributed by atoms with van der Waals surface area (Å²) in [5.41, 5.74) is 5.28. The quantitative estimate of drug-likeness (QED) is 0.200. The van der Waals surface area contributed by atoms with E-state index in [9.17, 15) is 0 Å². The van der Waals surface area contributed by atoms with Crippen molar-refractivity contribution in [2.45, 2.75) is 39.0 Å². The van der Waals surface area contributed by atoms with Crippen molar-refractivity contribution in [3.05, 3.63) is 0 Å². The average Bonchev–Trinajstić information content (AvgIpc) is 2.16.